The summed E-state index contributed by atoms with van der Waals surface area (Å²) in [7, 11) is 0. The molecule has 0 saturated heterocycles. The number of aryl methyl sites for hydroxylation is 2. The van der Waals surface area contributed by atoms with E-state index in [4.69, 9.17) is 5.11 Å². The van der Waals surface area contributed by atoms with Gasteiger partial charge in [0.25, 0.3) is 0 Å². The maximum atomic E-state index is 11.7. The molecule has 3 nitrogen and oxygen atoms in total. The zero-order valence-corrected chi connectivity index (χ0v) is 10.8. The Morgan fingerprint density at radius 2 is 2.12 bits per heavy atom. The molecule has 0 atom stereocenters. The Labute approximate surface area is 103 Å². The number of aliphatic hydroxyl groups excluding tert-OH is 1. The van der Waals surface area contributed by atoms with Crippen molar-refractivity contribution in [2.75, 3.05) is 6.61 Å². The molecule has 0 unspecified atom stereocenters. The molecule has 0 aromatic heterocycles. The zero-order valence-electron chi connectivity index (χ0n) is 10.8. The van der Waals surface area contributed by atoms with Crippen LogP contribution in [0.5, 0.6) is 0 Å². The van der Waals surface area contributed by atoms with Crippen LogP contribution in [-0.2, 0) is 11.2 Å². The molecule has 1 aromatic carbocycles. The summed E-state index contributed by atoms with van der Waals surface area (Å²) in [6, 6.07) is 8.15. The highest BCUT2D eigenvalue weighted by Crippen LogP contribution is 2.07. The first-order valence-electron chi connectivity index (χ1n) is 5.90. The van der Waals surface area contributed by atoms with Gasteiger partial charge in [0.2, 0.25) is 5.91 Å². The third-order valence-electron chi connectivity index (χ3n) is 2.60. The van der Waals surface area contributed by atoms with Gasteiger partial charge in [-0.15, -0.1) is 0 Å². The largest absolute Gasteiger partial charge is 0.394 e. The summed E-state index contributed by atoms with van der Waals surface area (Å²) in [5.74, 6) is -0.0226. The predicted octanol–water partition coefficient (Wildman–Crippen LogP) is 1.81. The molecule has 0 aliphatic heterocycles. The normalized spacial score (nSPS) is 11.3. The number of aliphatic hydroxyl groups is 1. The maximum Gasteiger partial charge on any atom is 0.220 e. The smallest absolute Gasteiger partial charge is 0.220 e. The minimum Gasteiger partial charge on any atom is -0.394 e. The molecule has 0 aliphatic rings. The van der Waals surface area contributed by atoms with E-state index in [2.05, 4.69) is 11.4 Å². The molecular formula is C14H21NO2. The summed E-state index contributed by atoms with van der Waals surface area (Å²) in [5.41, 5.74) is 1.84. The number of hydrogen-bond donors (Lipinski definition) is 2. The quantitative estimate of drug-likeness (QED) is 0.818. The second kappa shape index (κ2) is 5.82. The molecule has 0 spiro atoms. The second-order valence-electron chi connectivity index (χ2n) is 5.08. The minimum atomic E-state index is -0.538. The third kappa shape index (κ3) is 5.00. The molecule has 17 heavy (non-hydrogen) atoms. The van der Waals surface area contributed by atoms with Crippen molar-refractivity contribution >= 4 is 5.91 Å². The highest BCUT2D eigenvalue weighted by molar-refractivity contribution is 5.77. The van der Waals surface area contributed by atoms with Crippen molar-refractivity contribution in [3.05, 3.63) is 35.4 Å². The van der Waals surface area contributed by atoms with Crippen molar-refractivity contribution in [2.24, 2.45) is 0 Å². The summed E-state index contributed by atoms with van der Waals surface area (Å²) < 4.78 is 0. The lowest BCUT2D eigenvalue weighted by Crippen LogP contribution is -2.46. The number of benzene rings is 1. The van der Waals surface area contributed by atoms with E-state index in [1.807, 2.05) is 25.1 Å². The molecule has 94 valence electrons. The summed E-state index contributed by atoms with van der Waals surface area (Å²) >= 11 is 0. The fourth-order valence-corrected chi connectivity index (χ4v) is 1.60. The Morgan fingerprint density at radius 1 is 1.41 bits per heavy atom. The van der Waals surface area contributed by atoms with Crippen LogP contribution in [-0.4, -0.2) is 23.2 Å². The van der Waals surface area contributed by atoms with Gasteiger partial charge in [-0.25, -0.2) is 0 Å². The van der Waals surface area contributed by atoms with Gasteiger partial charge in [0.15, 0.2) is 0 Å². The highest BCUT2D eigenvalue weighted by atomic mass is 16.3. The zero-order chi connectivity index (χ0) is 12.9. The van der Waals surface area contributed by atoms with Crippen molar-refractivity contribution in [1.82, 2.24) is 5.32 Å². The van der Waals surface area contributed by atoms with Crippen LogP contribution in [0.25, 0.3) is 0 Å². The molecule has 2 N–H and O–H groups in total. The van der Waals surface area contributed by atoms with Gasteiger partial charge in [-0.1, -0.05) is 29.8 Å². The van der Waals surface area contributed by atoms with E-state index in [0.29, 0.717) is 6.42 Å². The van der Waals surface area contributed by atoms with E-state index in [1.165, 1.54) is 11.1 Å². The molecule has 1 aromatic rings. The Balaban J connectivity index is 2.44. The Morgan fingerprint density at radius 3 is 2.71 bits per heavy atom. The standard InChI is InChI=1S/C14H21NO2/c1-11-5-4-6-12(9-11)7-8-13(17)15-14(2,3)10-16/h4-6,9,16H,7-8,10H2,1-3H3,(H,15,17). The van der Waals surface area contributed by atoms with Gasteiger partial charge in [0.1, 0.15) is 0 Å². The molecule has 0 fully saturated rings. The Bertz CT molecular complexity index is 386. The first-order chi connectivity index (χ1) is 7.93. The van der Waals surface area contributed by atoms with Crippen LogP contribution in [0.15, 0.2) is 24.3 Å². The van der Waals surface area contributed by atoms with Crippen LogP contribution in [0.2, 0.25) is 0 Å². The average molecular weight is 235 g/mol. The molecule has 1 rings (SSSR count). The summed E-state index contributed by atoms with van der Waals surface area (Å²) in [6.45, 7) is 5.59. The van der Waals surface area contributed by atoms with Gasteiger partial charge < -0.3 is 10.4 Å². The Hall–Kier alpha value is -1.35. The monoisotopic (exact) mass is 235 g/mol. The van der Waals surface area contributed by atoms with Crippen LogP contribution >= 0.6 is 0 Å². The molecule has 0 radical (unpaired) electrons. The van der Waals surface area contributed by atoms with Crippen LogP contribution in [0.3, 0.4) is 0 Å². The molecule has 0 aliphatic carbocycles. The molecule has 0 heterocycles. The van der Waals surface area contributed by atoms with Crippen molar-refractivity contribution in [2.45, 2.75) is 39.2 Å². The molecular weight excluding hydrogens is 214 g/mol. The number of hydrogen-bond acceptors (Lipinski definition) is 2. The van der Waals surface area contributed by atoms with E-state index in [0.717, 1.165) is 6.42 Å². The number of rotatable bonds is 5. The number of carbonyl (C=O) groups is 1. The second-order valence-corrected chi connectivity index (χ2v) is 5.08. The predicted molar refractivity (Wildman–Crippen MR) is 68.8 cm³/mol. The first-order valence-corrected chi connectivity index (χ1v) is 5.90. The van der Waals surface area contributed by atoms with Crippen LogP contribution in [0.1, 0.15) is 31.4 Å². The van der Waals surface area contributed by atoms with Gasteiger partial charge >= 0.3 is 0 Å². The van der Waals surface area contributed by atoms with Crippen molar-refractivity contribution in [3.63, 3.8) is 0 Å². The summed E-state index contributed by atoms with van der Waals surface area (Å²) in [4.78, 5) is 11.7. The van der Waals surface area contributed by atoms with Crippen molar-refractivity contribution in [3.8, 4) is 0 Å². The van der Waals surface area contributed by atoms with Crippen molar-refractivity contribution in [1.29, 1.82) is 0 Å². The fraction of sp³-hybridized carbons (Fsp3) is 0.500. The number of carbonyl (C=O) groups excluding carboxylic acids is 1. The van der Waals surface area contributed by atoms with Gasteiger partial charge in [0, 0.05) is 6.42 Å². The first kappa shape index (κ1) is 13.7. The van der Waals surface area contributed by atoms with Gasteiger partial charge in [-0.2, -0.15) is 0 Å². The van der Waals surface area contributed by atoms with Gasteiger partial charge in [0.05, 0.1) is 12.1 Å². The minimum absolute atomic E-state index is 0.0226. The van der Waals surface area contributed by atoms with E-state index >= 15 is 0 Å². The Kier molecular flexibility index (Phi) is 4.70. The third-order valence-corrected chi connectivity index (χ3v) is 2.60. The molecule has 0 bridgehead atoms. The lowest BCUT2D eigenvalue weighted by Gasteiger charge is -2.23. The van der Waals surface area contributed by atoms with E-state index in [-0.39, 0.29) is 12.5 Å². The van der Waals surface area contributed by atoms with Gasteiger partial charge in [-0.05, 0) is 32.8 Å². The van der Waals surface area contributed by atoms with Crippen LogP contribution in [0.4, 0.5) is 0 Å². The maximum absolute atomic E-state index is 11.7. The molecule has 1 amide bonds. The lowest BCUT2D eigenvalue weighted by molar-refractivity contribution is -0.123. The SMILES string of the molecule is Cc1cccc(CCC(=O)NC(C)(C)CO)c1. The average Bonchev–Trinajstić information content (AvgIpc) is 2.26. The highest BCUT2D eigenvalue weighted by Gasteiger charge is 2.18. The van der Waals surface area contributed by atoms with E-state index in [1.54, 1.807) is 13.8 Å². The summed E-state index contributed by atoms with van der Waals surface area (Å²) in [6.07, 6.45) is 1.18. The van der Waals surface area contributed by atoms with E-state index < -0.39 is 5.54 Å². The van der Waals surface area contributed by atoms with Crippen LogP contribution < -0.4 is 5.32 Å². The number of amides is 1. The fourth-order valence-electron chi connectivity index (χ4n) is 1.60. The summed E-state index contributed by atoms with van der Waals surface area (Å²) in [5, 5.41) is 11.9. The van der Waals surface area contributed by atoms with Crippen LogP contribution in [0, 0.1) is 6.92 Å². The molecule has 0 saturated carbocycles. The lowest BCUT2D eigenvalue weighted by atomic mass is 10.0. The van der Waals surface area contributed by atoms with E-state index in [9.17, 15) is 4.79 Å². The van der Waals surface area contributed by atoms with Gasteiger partial charge in [-0.3, -0.25) is 4.79 Å². The van der Waals surface area contributed by atoms with Crippen molar-refractivity contribution < 1.29 is 9.90 Å². The topological polar surface area (TPSA) is 49.3 Å². The number of nitrogens with one attached hydrogen (secondary N) is 1. The molecule has 3 heteroatoms.